The molecule has 96 valence electrons. The van der Waals surface area contributed by atoms with Gasteiger partial charge in [0.15, 0.2) is 4.60 Å². The standard InChI is InChI=1S/C11H19BrN4O/c1-3-13-9(8-4-6-17-7-5-8)10-11(12)14-15-16(10)2/h8-9,13H,3-7H2,1-2H3. The Labute approximate surface area is 110 Å². The van der Waals surface area contributed by atoms with E-state index in [1.165, 1.54) is 0 Å². The van der Waals surface area contributed by atoms with Gasteiger partial charge in [-0.2, -0.15) is 0 Å². The molecule has 1 atom stereocenters. The molecule has 1 aliphatic heterocycles. The van der Waals surface area contributed by atoms with Gasteiger partial charge in [-0.1, -0.05) is 12.1 Å². The second-order valence-corrected chi connectivity index (χ2v) is 5.13. The van der Waals surface area contributed by atoms with Crippen LogP contribution < -0.4 is 5.32 Å². The van der Waals surface area contributed by atoms with Crippen LogP contribution in [0.2, 0.25) is 0 Å². The van der Waals surface area contributed by atoms with Crippen molar-refractivity contribution in [1.29, 1.82) is 0 Å². The van der Waals surface area contributed by atoms with Gasteiger partial charge in [-0.3, -0.25) is 0 Å². The average Bonchev–Trinajstić information content (AvgIpc) is 2.68. The molecule has 5 nitrogen and oxygen atoms in total. The van der Waals surface area contributed by atoms with Crippen molar-refractivity contribution in [3.63, 3.8) is 0 Å². The fraction of sp³-hybridized carbons (Fsp3) is 0.818. The monoisotopic (exact) mass is 302 g/mol. The lowest BCUT2D eigenvalue weighted by molar-refractivity contribution is 0.0527. The average molecular weight is 303 g/mol. The fourth-order valence-corrected chi connectivity index (χ4v) is 3.00. The zero-order valence-electron chi connectivity index (χ0n) is 10.3. The molecule has 17 heavy (non-hydrogen) atoms. The second-order valence-electron chi connectivity index (χ2n) is 4.37. The zero-order chi connectivity index (χ0) is 12.3. The molecule has 0 radical (unpaired) electrons. The highest BCUT2D eigenvalue weighted by molar-refractivity contribution is 9.10. The Morgan fingerprint density at radius 1 is 1.53 bits per heavy atom. The van der Waals surface area contributed by atoms with Crippen molar-refractivity contribution in [3.05, 3.63) is 10.3 Å². The van der Waals surface area contributed by atoms with E-state index in [9.17, 15) is 0 Å². The molecular formula is C11H19BrN4O. The van der Waals surface area contributed by atoms with Crippen molar-refractivity contribution in [2.45, 2.75) is 25.8 Å². The van der Waals surface area contributed by atoms with Crippen molar-refractivity contribution >= 4 is 15.9 Å². The van der Waals surface area contributed by atoms with Crippen LogP contribution in [0.5, 0.6) is 0 Å². The molecule has 6 heteroatoms. The molecule has 1 saturated heterocycles. The van der Waals surface area contributed by atoms with Gasteiger partial charge in [-0.25, -0.2) is 4.68 Å². The van der Waals surface area contributed by atoms with E-state index in [4.69, 9.17) is 4.74 Å². The molecule has 0 aliphatic carbocycles. The summed E-state index contributed by atoms with van der Waals surface area (Å²) in [6.45, 7) is 4.79. The fourth-order valence-electron chi connectivity index (χ4n) is 2.42. The van der Waals surface area contributed by atoms with Gasteiger partial charge < -0.3 is 10.1 Å². The molecule has 0 amide bonds. The first kappa shape index (κ1) is 13.0. The van der Waals surface area contributed by atoms with Gasteiger partial charge >= 0.3 is 0 Å². The minimum atomic E-state index is 0.304. The number of rotatable bonds is 4. The number of ether oxygens (including phenoxy) is 1. The Morgan fingerprint density at radius 3 is 2.76 bits per heavy atom. The van der Waals surface area contributed by atoms with Crippen molar-refractivity contribution in [1.82, 2.24) is 20.3 Å². The largest absolute Gasteiger partial charge is 0.381 e. The summed E-state index contributed by atoms with van der Waals surface area (Å²) in [5, 5.41) is 11.7. The van der Waals surface area contributed by atoms with E-state index in [1.54, 1.807) is 0 Å². The normalized spacial score (nSPS) is 19.5. The van der Waals surface area contributed by atoms with Crippen LogP contribution in [0.15, 0.2) is 4.60 Å². The van der Waals surface area contributed by atoms with Crippen LogP contribution >= 0.6 is 15.9 Å². The SMILES string of the molecule is CCNC(c1c(Br)nnn1C)C1CCOCC1. The predicted molar refractivity (Wildman–Crippen MR) is 68.7 cm³/mol. The van der Waals surface area contributed by atoms with E-state index in [2.05, 4.69) is 38.5 Å². The highest BCUT2D eigenvalue weighted by Gasteiger charge is 2.29. The van der Waals surface area contributed by atoms with Crippen molar-refractivity contribution in [2.24, 2.45) is 13.0 Å². The van der Waals surface area contributed by atoms with Gasteiger partial charge in [-0.05, 0) is 41.2 Å². The molecule has 0 spiro atoms. The number of hydrogen-bond acceptors (Lipinski definition) is 4. The molecule has 1 N–H and O–H groups in total. The molecule has 1 aromatic heterocycles. The third-order valence-electron chi connectivity index (χ3n) is 3.28. The Hall–Kier alpha value is -0.460. The van der Waals surface area contributed by atoms with Gasteiger partial charge in [0.1, 0.15) is 0 Å². The van der Waals surface area contributed by atoms with Crippen LogP contribution in [0.25, 0.3) is 0 Å². The molecule has 1 aromatic rings. The first-order chi connectivity index (χ1) is 8.24. The van der Waals surface area contributed by atoms with Crippen LogP contribution in [-0.2, 0) is 11.8 Å². The second kappa shape index (κ2) is 5.93. The van der Waals surface area contributed by atoms with Crippen LogP contribution in [0, 0.1) is 5.92 Å². The maximum Gasteiger partial charge on any atom is 0.153 e. The number of aryl methyl sites for hydroxylation is 1. The smallest absolute Gasteiger partial charge is 0.153 e. The van der Waals surface area contributed by atoms with Crippen LogP contribution in [0.3, 0.4) is 0 Å². The van der Waals surface area contributed by atoms with Gasteiger partial charge in [-0.15, -0.1) is 5.10 Å². The van der Waals surface area contributed by atoms with Gasteiger partial charge in [0.25, 0.3) is 0 Å². The minimum absolute atomic E-state index is 0.304. The summed E-state index contributed by atoms with van der Waals surface area (Å²) < 4.78 is 8.13. The lowest BCUT2D eigenvalue weighted by Gasteiger charge is -2.30. The maximum absolute atomic E-state index is 5.43. The number of nitrogens with one attached hydrogen (secondary N) is 1. The van der Waals surface area contributed by atoms with E-state index in [0.717, 1.165) is 42.9 Å². The lowest BCUT2D eigenvalue weighted by atomic mass is 9.90. The molecule has 1 aliphatic rings. The Bertz CT molecular complexity index is 343. The first-order valence-electron chi connectivity index (χ1n) is 6.10. The molecule has 1 unspecified atom stereocenters. The molecule has 0 bridgehead atoms. The molecular weight excluding hydrogens is 284 g/mol. The number of aromatic nitrogens is 3. The van der Waals surface area contributed by atoms with Gasteiger partial charge in [0.05, 0.1) is 11.7 Å². The Balaban J connectivity index is 2.21. The summed E-state index contributed by atoms with van der Waals surface area (Å²) in [5.41, 5.74) is 1.14. The third kappa shape index (κ3) is 2.86. The topological polar surface area (TPSA) is 52.0 Å². The Morgan fingerprint density at radius 2 is 2.24 bits per heavy atom. The van der Waals surface area contributed by atoms with Gasteiger partial charge in [0, 0.05) is 20.3 Å². The van der Waals surface area contributed by atoms with E-state index in [0.29, 0.717) is 12.0 Å². The number of nitrogens with zero attached hydrogens (tertiary/aromatic N) is 3. The molecule has 0 saturated carbocycles. The molecule has 2 rings (SSSR count). The summed E-state index contributed by atoms with van der Waals surface area (Å²) in [7, 11) is 1.94. The maximum atomic E-state index is 5.43. The molecule has 1 fully saturated rings. The highest BCUT2D eigenvalue weighted by atomic mass is 79.9. The quantitative estimate of drug-likeness (QED) is 0.919. The van der Waals surface area contributed by atoms with Crippen LogP contribution in [0.1, 0.15) is 31.5 Å². The minimum Gasteiger partial charge on any atom is -0.381 e. The van der Waals surface area contributed by atoms with Crippen LogP contribution in [0.4, 0.5) is 0 Å². The first-order valence-corrected chi connectivity index (χ1v) is 6.89. The molecule has 2 heterocycles. The summed E-state index contributed by atoms with van der Waals surface area (Å²) in [5.74, 6) is 0.595. The van der Waals surface area contributed by atoms with Crippen molar-refractivity contribution < 1.29 is 4.74 Å². The summed E-state index contributed by atoms with van der Waals surface area (Å²) in [6.07, 6.45) is 2.19. The van der Waals surface area contributed by atoms with Crippen molar-refractivity contribution in [2.75, 3.05) is 19.8 Å². The summed E-state index contributed by atoms with van der Waals surface area (Å²) >= 11 is 3.49. The lowest BCUT2D eigenvalue weighted by Crippen LogP contribution is -2.33. The van der Waals surface area contributed by atoms with E-state index in [-0.39, 0.29) is 0 Å². The highest BCUT2D eigenvalue weighted by Crippen LogP contribution is 2.32. The summed E-state index contributed by atoms with van der Waals surface area (Å²) in [4.78, 5) is 0. The van der Waals surface area contributed by atoms with E-state index >= 15 is 0 Å². The number of hydrogen-bond donors (Lipinski definition) is 1. The third-order valence-corrected chi connectivity index (χ3v) is 3.85. The predicted octanol–water partition coefficient (Wildman–Crippen LogP) is 1.65. The van der Waals surface area contributed by atoms with E-state index in [1.807, 2.05) is 11.7 Å². The van der Waals surface area contributed by atoms with Crippen molar-refractivity contribution in [3.8, 4) is 0 Å². The number of halogens is 1. The van der Waals surface area contributed by atoms with Gasteiger partial charge in [0.2, 0.25) is 0 Å². The summed E-state index contributed by atoms with van der Waals surface area (Å²) in [6, 6.07) is 0.304. The molecule has 0 aromatic carbocycles. The zero-order valence-corrected chi connectivity index (χ0v) is 11.9. The van der Waals surface area contributed by atoms with Crippen LogP contribution in [-0.4, -0.2) is 34.8 Å². The Kier molecular flexibility index (Phi) is 4.53. The van der Waals surface area contributed by atoms with E-state index < -0.39 is 0 Å².